The molecule has 0 bridgehead atoms. The maximum atomic E-state index is 11.6. The number of aliphatic hydroxyl groups excluding tert-OH is 1. The predicted molar refractivity (Wildman–Crippen MR) is 133 cm³/mol. The molecule has 2 heterocycles. The monoisotopic (exact) mass is 466 g/mol. The molecular weight excluding hydrogens is 428 g/mol. The van der Waals surface area contributed by atoms with Gasteiger partial charge < -0.3 is 24.8 Å². The highest BCUT2D eigenvalue weighted by molar-refractivity contribution is 5.88. The summed E-state index contributed by atoms with van der Waals surface area (Å²) in [5.74, 6) is 0.0632. The molecule has 2 aromatic rings. The van der Waals surface area contributed by atoms with Crippen LogP contribution >= 0.6 is 0 Å². The normalized spacial score (nSPS) is 26.4. The lowest BCUT2D eigenvalue weighted by molar-refractivity contribution is -0.276. The Kier molecular flexibility index (Phi) is 8.73. The number of hydrogen-bond donors (Lipinski definition) is 2. The van der Waals surface area contributed by atoms with Gasteiger partial charge in [-0.25, -0.2) is 0 Å². The molecule has 2 saturated heterocycles. The highest BCUT2D eigenvalue weighted by atomic mass is 16.7. The van der Waals surface area contributed by atoms with Crippen LogP contribution in [-0.4, -0.2) is 41.7 Å². The van der Waals surface area contributed by atoms with Crippen LogP contribution in [0, 0.1) is 5.92 Å². The number of amides is 1. The maximum Gasteiger partial charge on any atom is 0.221 e. The van der Waals surface area contributed by atoms with E-state index in [2.05, 4.69) is 29.3 Å². The third kappa shape index (κ3) is 6.45. The molecular formula is C28H38N2O4. The Bertz CT molecular complexity index is 924. The van der Waals surface area contributed by atoms with E-state index in [0.29, 0.717) is 0 Å². The largest absolute Gasteiger partial charge is 0.392 e. The number of carbonyl (C=O) groups excluding carboxylic acids is 1. The number of rotatable bonds is 6. The van der Waals surface area contributed by atoms with Crippen molar-refractivity contribution < 1.29 is 19.4 Å². The molecule has 0 aromatic heterocycles. The highest BCUT2D eigenvalue weighted by Gasteiger charge is 2.39. The van der Waals surface area contributed by atoms with Gasteiger partial charge in [0, 0.05) is 30.6 Å². The molecule has 184 valence electrons. The first-order chi connectivity index (χ1) is 16.5. The van der Waals surface area contributed by atoms with Gasteiger partial charge in [0.15, 0.2) is 6.29 Å². The smallest absolute Gasteiger partial charge is 0.221 e. The molecule has 2 fully saturated rings. The zero-order chi connectivity index (χ0) is 23.9. The second-order valence-electron chi connectivity index (χ2n) is 9.70. The summed E-state index contributed by atoms with van der Waals surface area (Å²) in [7, 11) is 0. The maximum absolute atomic E-state index is 11.6. The van der Waals surface area contributed by atoms with Crippen molar-refractivity contribution in [1.29, 1.82) is 0 Å². The Morgan fingerprint density at radius 3 is 2.38 bits per heavy atom. The van der Waals surface area contributed by atoms with E-state index in [4.69, 9.17) is 9.47 Å². The number of likely N-dealkylation sites (tertiary alicyclic amines) is 1. The summed E-state index contributed by atoms with van der Waals surface area (Å²) in [4.78, 5) is 14.1. The molecule has 0 saturated carbocycles. The Morgan fingerprint density at radius 1 is 1.00 bits per heavy atom. The summed E-state index contributed by atoms with van der Waals surface area (Å²) in [6, 6.07) is 15.7. The summed E-state index contributed by atoms with van der Waals surface area (Å²) in [6.45, 7) is 6.87. The third-order valence-corrected chi connectivity index (χ3v) is 6.99. The molecule has 1 amide bonds. The van der Waals surface area contributed by atoms with E-state index in [-0.39, 0.29) is 30.6 Å². The summed E-state index contributed by atoms with van der Waals surface area (Å²) < 4.78 is 13.2. The summed E-state index contributed by atoms with van der Waals surface area (Å²) >= 11 is 0. The molecule has 2 aromatic carbocycles. The number of ether oxygens (including phenoxy) is 2. The van der Waals surface area contributed by atoms with Crippen LogP contribution in [0.15, 0.2) is 48.5 Å². The minimum atomic E-state index is -0.521. The molecule has 2 N–H and O–H groups in total. The van der Waals surface area contributed by atoms with Crippen molar-refractivity contribution in [2.45, 2.75) is 71.1 Å². The Balaban J connectivity index is 1.59. The lowest BCUT2D eigenvalue weighted by Gasteiger charge is -2.43. The average Bonchev–Trinajstić information content (AvgIpc) is 2.81. The quantitative estimate of drug-likeness (QED) is 0.613. The van der Waals surface area contributed by atoms with E-state index in [1.54, 1.807) is 0 Å². The minimum Gasteiger partial charge on any atom is -0.392 e. The SMILES string of the molecule is CC(=O)Nc1cccc(C2OC(CN3CCCCCCC3)C(C)C(c3ccc(CO)cc3)O2)c1. The Morgan fingerprint density at radius 2 is 1.71 bits per heavy atom. The number of benzene rings is 2. The number of aliphatic hydroxyl groups is 1. The van der Waals surface area contributed by atoms with Gasteiger partial charge in [0.1, 0.15) is 0 Å². The lowest BCUT2D eigenvalue weighted by atomic mass is 9.89. The Hall–Kier alpha value is -2.25. The summed E-state index contributed by atoms with van der Waals surface area (Å²) in [6.07, 6.45) is 5.81. The predicted octanol–water partition coefficient (Wildman–Crippen LogP) is 5.19. The summed E-state index contributed by atoms with van der Waals surface area (Å²) in [5.41, 5.74) is 3.61. The van der Waals surface area contributed by atoms with Crippen LogP contribution < -0.4 is 5.32 Å². The highest BCUT2D eigenvalue weighted by Crippen LogP contribution is 2.42. The molecule has 4 rings (SSSR count). The molecule has 4 unspecified atom stereocenters. The van der Waals surface area contributed by atoms with Gasteiger partial charge in [0.25, 0.3) is 0 Å². The lowest BCUT2D eigenvalue weighted by Crippen LogP contribution is -2.45. The van der Waals surface area contributed by atoms with Crippen molar-refractivity contribution in [2.75, 3.05) is 25.0 Å². The molecule has 0 radical (unpaired) electrons. The van der Waals surface area contributed by atoms with Gasteiger partial charge in [-0.05, 0) is 49.2 Å². The third-order valence-electron chi connectivity index (χ3n) is 6.99. The molecule has 2 aliphatic rings. The molecule has 6 heteroatoms. The first-order valence-corrected chi connectivity index (χ1v) is 12.6. The van der Waals surface area contributed by atoms with Crippen LogP contribution in [0.1, 0.15) is 75.0 Å². The van der Waals surface area contributed by atoms with Gasteiger partial charge in [-0.2, -0.15) is 0 Å². The van der Waals surface area contributed by atoms with Crippen molar-refractivity contribution in [3.05, 3.63) is 65.2 Å². The second-order valence-corrected chi connectivity index (χ2v) is 9.70. The number of hydrogen-bond acceptors (Lipinski definition) is 5. The van der Waals surface area contributed by atoms with Gasteiger partial charge >= 0.3 is 0 Å². The molecule has 34 heavy (non-hydrogen) atoms. The topological polar surface area (TPSA) is 71.0 Å². The van der Waals surface area contributed by atoms with Crippen LogP contribution in [0.3, 0.4) is 0 Å². The summed E-state index contributed by atoms with van der Waals surface area (Å²) in [5, 5.41) is 12.3. The van der Waals surface area contributed by atoms with Crippen molar-refractivity contribution in [3.8, 4) is 0 Å². The fraction of sp³-hybridized carbons (Fsp3) is 0.536. The molecule has 0 aliphatic carbocycles. The first-order valence-electron chi connectivity index (χ1n) is 12.6. The fourth-order valence-electron chi connectivity index (χ4n) is 5.04. The van der Waals surface area contributed by atoms with E-state index in [0.717, 1.165) is 42.0 Å². The van der Waals surface area contributed by atoms with Crippen LogP contribution in [0.25, 0.3) is 0 Å². The standard InChI is InChI=1S/C28H38N2O4/c1-20-26(18-30-15-6-4-3-5-7-16-30)33-28(24-9-8-10-25(17-24)29-21(2)32)34-27(20)23-13-11-22(19-31)12-14-23/h8-14,17,20,26-28,31H,3-7,15-16,18-19H2,1-2H3,(H,29,32). The number of carbonyl (C=O) groups is 1. The van der Waals surface area contributed by atoms with Gasteiger partial charge in [-0.3, -0.25) is 4.79 Å². The minimum absolute atomic E-state index is 0.0186. The van der Waals surface area contributed by atoms with Gasteiger partial charge in [-0.15, -0.1) is 0 Å². The molecule has 0 spiro atoms. The van der Waals surface area contributed by atoms with Crippen LogP contribution in [-0.2, 0) is 20.9 Å². The number of nitrogens with zero attached hydrogens (tertiary/aromatic N) is 1. The van der Waals surface area contributed by atoms with E-state index in [9.17, 15) is 9.90 Å². The second kappa shape index (κ2) is 11.9. The number of anilines is 1. The van der Waals surface area contributed by atoms with Gasteiger partial charge in [0.2, 0.25) is 5.91 Å². The van der Waals surface area contributed by atoms with Crippen molar-refractivity contribution in [3.63, 3.8) is 0 Å². The molecule has 2 aliphatic heterocycles. The van der Waals surface area contributed by atoms with E-state index in [1.807, 2.05) is 36.4 Å². The fourth-order valence-corrected chi connectivity index (χ4v) is 5.04. The first kappa shape index (κ1) is 24.9. The van der Waals surface area contributed by atoms with Crippen molar-refractivity contribution in [1.82, 2.24) is 4.90 Å². The van der Waals surface area contributed by atoms with E-state index in [1.165, 1.54) is 39.0 Å². The van der Waals surface area contributed by atoms with Crippen molar-refractivity contribution in [2.24, 2.45) is 5.92 Å². The van der Waals surface area contributed by atoms with Crippen LogP contribution in [0.4, 0.5) is 5.69 Å². The van der Waals surface area contributed by atoms with E-state index < -0.39 is 6.29 Å². The molecule has 6 nitrogen and oxygen atoms in total. The Labute approximate surface area is 203 Å². The zero-order valence-corrected chi connectivity index (χ0v) is 20.4. The number of nitrogens with one attached hydrogen (secondary N) is 1. The van der Waals surface area contributed by atoms with Crippen LogP contribution in [0.2, 0.25) is 0 Å². The van der Waals surface area contributed by atoms with Gasteiger partial charge in [-0.1, -0.05) is 62.6 Å². The van der Waals surface area contributed by atoms with Gasteiger partial charge in [0.05, 0.1) is 18.8 Å². The van der Waals surface area contributed by atoms with Crippen LogP contribution in [0.5, 0.6) is 0 Å². The van der Waals surface area contributed by atoms with E-state index >= 15 is 0 Å². The van der Waals surface area contributed by atoms with Crippen molar-refractivity contribution >= 4 is 11.6 Å². The zero-order valence-electron chi connectivity index (χ0n) is 20.4. The molecule has 4 atom stereocenters. The average molecular weight is 467 g/mol.